The minimum absolute atomic E-state index is 0.0224. The average molecular weight is 265 g/mol. The molecular weight excluding hydrogens is 246 g/mol. The van der Waals surface area contributed by atoms with Crippen molar-refractivity contribution in [3.63, 3.8) is 0 Å². The largest absolute Gasteiger partial charge is 0.365 e. The topological polar surface area (TPSA) is 39.1 Å². The van der Waals surface area contributed by atoms with Crippen LogP contribution in [0.25, 0.3) is 0 Å². The first-order valence-corrected chi connectivity index (χ1v) is 6.90. The quantitative estimate of drug-likeness (QED) is 0.813. The molecule has 0 aliphatic carbocycles. The van der Waals surface area contributed by atoms with Crippen LogP contribution in [0.5, 0.6) is 0 Å². The molecule has 0 fully saturated rings. The molecule has 0 aliphatic rings. The van der Waals surface area contributed by atoms with Gasteiger partial charge in [0.15, 0.2) is 0 Å². The molecule has 0 radical (unpaired) electrons. The SMILES string of the molecule is CNCCOC(c1sccc1C)c1ccnn1C. The number of hydrogen-bond acceptors (Lipinski definition) is 4. The second-order valence-electron chi connectivity index (χ2n) is 4.20. The van der Waals surface area contributed by atoms with Crippen LogP contribution >= 0.6 is 11.3 Å². The van der Waals surface area contributed by atoms with E-state index in [-0.39, 0.29) is 6.10 Å². The van der Waals surface area contributed by atoms with Crippen molar-refractivity contribution in [3.05, 3.63) is 39.8 Å². The van der Waals surface area contributed by atoms with Crippen molar-refractivity contribution in [3.8, 4) is 0 Å². The van der Waals surface area contributed by atoms with Gasteiger partial charge in [0.2, 0.25) is 0 Å². The summed E-state index contributed by atoms with van der Waals surface area (Å²) in [5.41, 5.74) is 2.37. The van der Waals surface area contributed by atoms with Gasteiger partial charge in [-0.05, 0) is 37.0 Å². The fourth-order valence-corrected chi connectivity index (χ4v) is 2.85. The van der Waals surface area contributed by atoms with Crippen molar-refractivity contribution in [2.75, 3.05) is 20.2 Å². The number of thiophene rings is 1. The Balaban J connectivity index is 2.24. The van der Waals surface area contributed by atoms with Gasteiger partial charge in [0.1, 0.15) is 6.10 Å². The Morgan fingerprint density at radius 3 is 2.89 bits per heavy atom. The highest BCUT2D eigenvalue weighted by Gasteiger charge is 2.20. The predicted molar refractivity (Wildman–Crippen MR) is 74.0 cm³/mol. The van der Waals surface area contributed by atoms with E-state index in [1.165, 1.54) is 10.4 Å². The lowest BCUT2D eigenvalue weighted by Gasteiger charge is -2.18. The molecule has 2 aromatic heterocycles. The summed E-state index contributed by atoms with van der Waals surface area (Å²) in [7, 11) is 3.88. The van der Waals surface area contributed by atoms with Gasteiger partial charge in [0.05, 0.1) is 12.3 Å². The van der Waals surface area contributed by atoms with Crippen LogP contribution in [0.2, 0.25) is 0 Å². The molecule has 98 valence electrons. The monoisotopic (exact) mass is 265 g/mol. The third kappa shape index (κ3) is 2.80. The maximum atomic E-state index is 6.02. The summed E-state index contributed by atoms with van der Waals surface area (Å²) >= 11 is 1.74. The van der Waals surface area contributed by atoms with E-state index in [2.05, 4.69) is 28.8 Å². The number of nitrogens with one attached hydrogen (secondary N) is 1. The number of nitrogens with zero attached hydrogens (tertiary/aromatic N) is 2. The van der Waals surface area contributed by atoms with Gasteiger partial charge in [0, 0.05) is 24.7 Å². The van der Waals surface area contributed by atoms with E-state index in [0.717, 1.165) is 12.2 Å². The van der Waals surface area contributed by atoms with Crippen LogP contribution in [0.1, 0.15) is 22.2 Å². The first kappa shape index (κ1) is 13.3. The first-order chi connectivity index (χ1) is 8.74. The highest BCUT2D eigenvalue weighted by molar-refractivity contribution is 7.10. The Kier molecular flexibility index (Phi) is 4.52. The summed E-state index contributed by atoms with van der Waals surface area (Å²) in [6, 6.07) is 4.15. The maximum Gasteiger partial charge on any atom is 0.133 e. The standard InChI is InChI=1S/C13H19N3OS/c1-10-5-9-18-13(10)12(17-8-7-14-2)11-4-6-15-16(11)3/h4-6,9,12,14H,7-8H2,1-3H3. The molecule has 0 bridgehead atoms. The molecule has 0 saturated heterocycles. The van der Waals surface area contributed by atoms with E-state index in [1.54, 1.807) is 11.3 Å². The zero-order valence-corrected chi connectivity index (χ0v) is 11.8. The molecule has 1 N–H and O–H groups in total. The van der Waals surface area contributed by atoms with E-state index in [9.17, 15) is 0 Å². The van der Waals surface area contributed by atoms with Crippen molar-refractivity contribution in [2.24, 2.45) is 7.05 Å². The molecule has 0 aliphatic heterocycles. The first-order valence-electron chi connectivity index (χ1n) is 6.02. The molecule has 2 rings (SSSR count). The van der Waals surface area contributed by atoms with Gasteiger partial charge < -0.3 is 10.1 Å². The van der Waals surface area contributed by atoms with Gasteiger partial charge in [-0.25, -0.2) is 0 Å². The van der Waals surface area contributed by atoms with E-state index in [0.29, 0.717) is 6.61 Å². The Morgan fingerprint density at radius 2 is 2.33 bits per heavy atom. The van der Waals surface area contributed by atoms with E-state index < -0.39 is 0 Å². The second kappa shape index (κ2) is 6.13. The lowest BCUT2D eigenvalue weighted by Crippen LogP contribution is -2.18. The smallest absolute Gasteiger partial charge is 0.133 e. The van der Waals surface area contributed by atoms with Crippen molar-refractivity contribution >= 4 is 11.3 Å². The van der Waals surface area contributed by atoms with Gasteiger partial charge in [-0.3, -0.25) is 4.68 Å². The third-order valence-corrected chi connectivity index (χ3v) is 3.97. The summed E-state index contributed by atoms with van der Waals surface area (Å²) < 4.78 is 7.90. The average Bonchev–Trinajstić information content (AvgIpc) is 2.95. The van der Waals surface area contributed by atoms with Gasteiger partial charge in [-0.2, -0.15) is 5.10 Å². The number of hydrogen-bond donors (Lipinski definition) is 1. The molecule has 0 amide bonds. The minimum atomic E-state index is -0.0224. The summed E-state index contributed by atoms with van der Waals surface area (Å²) in [6.07, 6.45) is 1.79. The maximum absolute atomic E-state index is 6.02. The summed E-state index contributed by atoms with van der Waals surface area (Å²) in [5, 5.41) is 9.44. The van der Waals surface area contributed by atoms with Crippen LogP contribution in [0.4, 0.5) is 0 Å². The van der Waals surface area contributed by atoms with Crippen molar-refractivity contribution in [1.29, 1.82) is 0 Å². The van der Waals surface area contributed by atoms with Crippen LogP contribution in [0.15, 0.2) is 23.7 Å². The van der Waals surface area contributed by atoms with Gasteiger partial charge in [-0.15, -0.1) is 11.3 Å². The lowest BCUT2D eigenvalue weighted by molar-refractivity contribution is 0.0796. The number of likely N-dealkylation sites (N-methyl/N-ethyl adjacent to an activating group) is 1. The zero-order valence-electron chi connectivity index (χ0n) is 11.0. The van der Waals surface area contributed by atoms with E-state index >= 15 is 0 Å². The van der Waals surface area contributed by atoms with Crippen LogP contribution in [-0.4, -0.2) is 30.0 Å². The minimum Gasteiger partial charge on any atom is -0.365 e. The van der Waals surface area contributed by atoms with Crippen LogP contribution in [-0.2, 0) is 11.8 Å². The second-order valence-corrected chi connectivity index (χ2v) is 5.15. The molecule has 2 aromatic rings. The fraction of sp³-hybridized carbons (Fsp3) is 0.462. The van der Waals surface area contributed by atoms with Crippen molar-refractivity contribution < 1.29 is 4.74 Å². The van der Waals surface area contributed by atoms with Crippen LogP contribution < -0.4 is 5.32 Å². The number of ether oxygens (including phenoxy) is 1. The highest BCUT2D eigenvalue weighted by atomic mass is 32.1. The third-order valence-electron chi connectivity index (χ3n) is 2.90. The Labute approximate surface area is 112 Å². The van der Waals surface area contributed by atoms with Gasteiger partial charge >= 0.3 is 0 Å². The molecule has 4 nitrogen and oxygen atoms in total. The van der Waals surface area contributed by atoms with Gasteiger partial charge in [0.25, 0.3) is 0 Å². The zero-order chi connectivity index (χ0) is 13.0. The predicted octanol–water partition coefficient (Wildman–Crippen LogP) is 2.12. The summed E-state index contributed by atoms with van der Waals surface area (Å²) in [5.74, 6) is 0. The highest BCUT2D eigenvalue weighted by Crippen LogP contribution is 2.31. The molecule has 5 heteroatoms. The summed E-state index contributed by atoms with van der Waals surface area (Å²) in [6.45, 7) is 3.65. The Bertz CT molecular complexity index is 452. The number of aryl methyl sites for hydroxylation is 2. The molecule has 0 saturated carbocycles. The van der Waals surface area contributed by atoms with Crippen LogP contribution in [0.3, 0.4) is 0 Å². The Morgan fingerprint density at radius 1 is 1.50 bits per heavy atom. The molecule has 0 spiro atoms. The van der Waals surface area contributed by atoms with Crippen LogP contribution in [0, 0.1) is 6.92 Å². The molecular formula is C13H19N3OS. The number of rotatable bonds is 6. The Hall–Kier alpha value is -1.17. The molecule has 0 aromatic carbocycles. The fourth-order valence-electron chi connectivity index (χ4n) is 1.87. The lowest BCUT2D eigenvalue weighted by atomic mass is 10.1. The molecule has 1 unspecified atom stereocenters. The normalized spacial score (nSPS) is 12.8. The van der Waals surface area contributed by atoms with E-state index in [1.807, 2.05) is 31.0 Å². The molecule has 18 heavy (non-hydrogen) atoms. The van der Waals surface area contributed by atoms with Crippen molar-refractivity contribution in [1.82, 2.24) is 15.1 Å². The molecule has 1 atom stereocenters. The summed E-state index contributed by atoms with van der Waals surface area (Å²) in [4.78, 5) is 1.26. The molecule has 2 heterocycles. The van der Waals surface area contributed by atoms with E-state index in [4.69, 9.17) is 4.74 Å². The van der Waals surface area contributed by atoms with Crippen molar-refractivity contribution in [2.45, 2.75) is 13.0 Å². The van der Waals surface area contributed by atoms with Gasteiger partial charge in [-0.1, -0.05) is 0 Å². The number of aromatic nitrogens is 2.